The lowest BCUT2D eigenvalue weighted by atomic mass is 10.3. The van der Waals surface area contributed by atoms with Crippen LogP contribution in [-0.4, -0.2) is 18.5 Å². The molecule has 0 aliphatic heterocycles. The standard InChI is InChI=1S/C10H10N2O3S2/c1-7-4-5-8(13)10(11-7)12-17(14,15)9-3-2-6-16-9/h2-6,13H,1H3,(H,11,12). The Morgan fingerprint density at radius 1 is 1.35 bits per heavy atom. The Balaban J connectivity index is 2.36. The van der Waals surface area contributed by atoms with Crippen molar-refractivity contribution in [1.82, 2.24) is 4.98 Å². The van der Waals surface area contributed by atoms with Crippen LogP contribution in [-0.2, 0) is 10.0 Å². The Hall–Kier alpha value is -1.60. The van der Waals surface area contributed by atoms with Crippen LogP contribution >= 0.6 is 11.3 Å². The highest BCUT2D eigenvalue weighted by Crippen LogP contribution is 2.25. The van der Waals surface area contributed by atoms with E-state index < -0.39 is 10.0 Å². The fourth-order valence-corrected chi connectivity index (χ4v) is 3.23. The first kappa shape index (κ1) is 11.9. The molecule has 0 fully saturated rings. The number of hydrogen-bond donors (Lipinski definition) is 2. The van der Waals surface area contributed by atoms with Gasteiger partial charge in [-0.2, -0.15) is 0 Å². The molecule has 0 unspecified atom stereocenters. The second-order valence-corrected chi connectivity index (χ2v) is 6.21. The molecule has 0 spiro atoms. The van der Waals surface area contributed by atoms with Gasteiger partial charge in [0, 0.05) is 5.69 Å². The predicted molar refractivity (Wildman–Crippen MR) is 65.8 cm³/mol. The van der Waals surface area contributed by atoms with Crippen LogP contribution in [0.3, 0.4) is 0 Å². The fraction of sp³-hybridized carbons (Fsp3) is 0.100. The first-order chi connectivity index (χ1) is 7.99. The van der Waals surface area contributed by atoms with Gasteiger partial charge in [0.15, 0.2) is 11.6 Å². The third-order valence-corrected chi connectivity index (χ3v) is 4.74. The van der Waals surface area contributed by atoms with Gasteiger partial charge in [-0.05, 0) is 30.5 Å². The van der Waals surface area contributed by atoms with Gasteiger partial charge in [0.05, 0.1) is 0 Å². The van der Waals surface area contributed by atoms with E-state index in [2.05, 4.69) is 9.71 Å². The van der Waals surface area contributed by atoms with Crippen LogP contribution in [0.1, 0.15) is 5.69 Å². The van der Waals surface area contributed by atoms with Gasteiger partial charge < -0.3 is 5.11 Å². The van der Waals surface area contributed by atoms with Crippen molar-refractivity contribution in [3.63, 3.8) is 0 Å². The van der Waals surface area contributed by atoms with E-state index >= 15 is 0 Å². The van der Waals surface area contributed by atoms with Crippen molar-refractivity contribution in [3.05, 3.63) is 35.3 Å². The van der Waals surface area contributed by atoms with Crippen LogP contribution in [0.2, 0.25) is 0 Å². The average molecular weight is 270 g/mol. The van der Waals surface area contributed by atoms with Crippen molar-refractivity contribution in [2.75, 3.05) is 4.72 Å². The molecule has 2 rings (SSSR count). The minimum absolute atomic E-state index is 0.0570. The molecule has 0 aliphatic carbocycles. The lowest BCUT2D eigenvalue weighted by Crippen LogP contribution is -2.12. The Kier molecular flexibility index (Phi) is 3.03. The van der Waals surface area contributed by atoms with Crippen molar-refractivity contribution in [1.29, 1.82) is 0 Å². The zero-order chi connectivity index (χ0) is 12.5. The molecule has 2 aromatic rings. The second kappa shape index (κ2) is 4.34. The topological polar surface area (TPSA) is 79.3 Å². The van der Waals surface area contributed by atoms with Crippen molar-refractivity contribution < 1.29 is 13.5 Å². The first-order valence-corrected chi connectivity index (χ1v) is 7.08. The first-order valence-electron chi connectivity index (χ1n) is 4.72. The SMILES string of the molecule is Cc1ccc(O)c(NS(=O)(=O)c2cccs2)n1. The summed E-state index contributed by atoms with van der Waals surface area (Å²) in [5, 5.41) is 11.2. The van der Waals surface area contributed by atoms with Crippen LogP contribution in [0.25, 0.3) is 0 Å². The number of rotatable bonds is 3. The van der Waals surface area contributed by atoms with E-state index in [0.29, 0.717) is 5.69 Å². The monoisotopic (exact) mass is 270 g/mol. The van der Waals surface area contributed by atoms with Gasteiger partial charge >= 0.3 is 0 Å². The highest BCUT2D eigenvalue weighted by molar-refractivity contribution is 7.94. The van der Waals surface area contributed by atoms with E-state index in [0.717, 1.165) is 11.3 Å². The molecular formula is C10H10N2O3S2. The van der Waals surface area contributed by atoms with E-state index in [9.17, 15) is 13.5 Å². The van der Waals surface area contributed by atoms with Crippen LogP contribution < -0.4 is 4.72 Å². The molecule has 2 aromatic heterocycles. The van der Waals surface area contributed by atoms with Gasteiger partial charge in [-0.1, -0.05) is 6.07 Å². The van der Waals surface area contributed by atoms with Gasteiger partial charge in [0.2, 0.25) is 0 Å². The number of aromatic hydroxyl groups is 1. The fourth-order valence-electron chi connectivity index (χ4n) is 1.22. The summed E-state index contributed by atoms with van der Waals surface area (Å²) in [7, 11) is -3.66. The van der Waals surface area contributed by atoms with Crippen molar-refractivity contribution in [3.8, 4) is 5.75 Å². The molecule has 5 nitrogen and oxygen atoms in total. The molecule has 0 aliphatic rings. The molecule has 17 heavy (non-hydrogen) atoms. The molecule has 0 atom stereocenters. The van der Waals surface area contributed by atoms with Crippen LogP contribution in [0.5, 0.6) is 5.75 Å². The van der Waals surface area contributed by atoms with E-state index in [1.165, 1.54) is 12.1 Å². The van der Waals surface area contributed by atoms with E-state index in [1.54, 1.807) is 24.4 Å². The predicted octanol–water partition coefficient (Wildman–Crippen LogP) is 1.96. The maximum atomic E-state index is 11.9. The zero-order valence-electron chi connectivity index (χ0n) is 8.91. The molecule has 90 valence electrons. The molecule has 2 N–H and O–H groups in total. The summed E-state index contributed by atoms with van der Waals surface area (Å²) in [6.45, 7) is 1.71. The third-order valence-electron chi connectivity index (χ3n) is 2.00. The number of nitrogens with one attached hydrogen (secondary N) is 1. The lowest BCUT2D eigenvalue weighted by molar-refractivity contribution is 0.475. The number of nitrogens with zero attached hydrogens (tertiary/aromatic N) is 1. The Morgan fingerprint density at radius 2 is 2.12 bits per heavy atom. The highest BCUT2D eigenvalue weighted by atomic mass is 32.2. The molecule has 7 heteroatoms. The van der Waals surface area contributed by atoms with E-state index in [4.69, 9.17) is 0 Å². The minimum atomic E-state index is -3.66. The summed E-state index contributed by atoms with van der Waals surface area (Å²) in [5.74, 6) is -0.255. The van der Waals surface area contributed by atoms with Gasteiger partial charge in [0.25, 0.3) is 10.0 Å². The molecular weight excluding hydrogens is 260 g/mol. The molecule has 0 amide bonds. The number of pyridine rings is 1. The summed E-state index contributed by atoms with van der Waals surface area (Å²) in [6, 6.07) is 6.12. The van der Waals surface area contributed by atoms with Crippen molar-refractivity contribution >= 4 is 27.2 Å². The average Bonchev–Trinajstić information content (AvgIpc) is 2.77. The summed E-state index contributed by atoms with van der Waals surface area (Å²) in [5.41, 5.74) is 0.617. The second-order valence-electron chi connectivity index (χ2n) is 3.36. The molecule has 2 heterocycles. The van der Waals surface area contributed by atoms with Gasteiger partial charge in [0.1, 0.15) is 4.21 Å². The number of aromatic nitrogens is 1. The maximum absolute atomic E-state index is 11.9. The van der Waals surface area contributed by atoms with Crippen molar-refractivity contribution in [2.24, 2.45) is 0 Å². The molecule has 0 saturated carbocycles. The normalized spacial score (nSPS) is 11.4. The maximum Gasteiger partial charge on any atom is 0.272 e. The summed E-state index contributed by atoms with van der Waals surface area (Å²) in [6.07, 6.45) is 0. The minimum Gasteiger partial charge on any atom is -0.504 e. The number of aryl methyl sites for hydroxylation is 1. The van der Waals surface area contributed by atoms with Crippen molar-refractivity contribution in [2.45, 2.75) is 11.1 Å². The van der Waals surface area contributed by atoms with Crippen LogP contribution in [0, 0.1) is 6.92 Å². The summed E-state index contributed by atoms with van der Waals surface area (Å²) in [4.78, 5) is 3.93. The third kappa shape index (κ3) is 2.56. The zero-order valence-corrected chi connectivity index (χ0v) is 10.5. The Bertz CT molecular complexity index is 621. The number of thiophene rings is 1. The van der Waals surface area contributed by atoms with Gasteiger partial charge in [-0.15, -0.1) is 11.3 Å². The smallest absolute Gasteiger partial charge is 0.272 e. The van der Waals surface area contributed by atoms with Crippen LogP contribution in [0.4, 0.5) is 5.82 Å². The number of sulfonamides is 1. The van der Waals surface area contributed by atoms with E-state index in [1.807, 2.05) is 0 Å². The number of hydrogen-bond acceptors (Lipinski definition) is 5. The van der Waals surface area contributed by atoms with Gasteiger partial charge in [-0.3, -0.25) is 4.72 Å². The highest BCUT2D eigenvalue weighted by Gasteiger charge is 2.17. The molecule has 0 bridgehead atoms. The molecule has 0 aromatic carbocycles. The Morgan fingerprint density at radius 3 is 2.76 bits per heavy atom. The lowest BCUT2D eigenvalue weighted by Gasteiger charge is -2.07. The summed E-state index contributed by atoms with van der Waals surface area (Å²) >= 11 is 1.10. The molecule has 0 radical (unpaired) electrons. The summed E-state index contributed by atoms with van der Waals surface area (Å²) < 4.78 is 26.2. The Labute approximate surface area is 103 Å². The molecule has 0 saturated heterocycles. The largest absolute Gasteiger partial charge is 0.504 e. The van der Waals surface area contributed by atoms with E-state index in [-0.39, 0.29) is 15.8 Å². The quantitative estimate of drug-likeness (QED) is 0.893. The van der Waals surface area contributed by atoms with Gasteiger partial charge in [-0.25, -0.2) is 13.4 Å². The number of anilines is 1. The van der Waals surface area contributed by atoms with Crippen LogP contribution in [0.15, 0.2) is 33.9 Å².